The molecular formula is C32H37F3O6. The Labute approximate surface area is 238 Å². The largest absolute Gasteiger partial charge is 0.499 e. The second kappa shape index (κ2) is 11.4. The number of alkyl halides is 3. The third-order valence-corrected chi connectivity index (χ3v) is 8.43. The summed E-state index contributed by atoms with van der Waals surface area (Å²) >= 11 is 0. The average molecular weight is 575 g/mol. The van der Waals surface area contributed by atoms with Crippen molar-refractivity contribution in [2.24, 2.45) is 22.2 Å². The van der Waals surface area contributed by atoms with Crippen LogP contribution in [0.2, 0.25) is 0 Å². The zero-order valence-corrected chi connectivity index (χ0v) is 24.5. The highest BCUT2D eigenvalue weighted by Gasteiger charge is 2.74. The number of benzene rings is 1. The number of allylic oxidation sites excluding steroid dienone is 6. The van der Waals surface area contributed by atoms with Crippen molar-refractivity contribution in [2.45, 2.75) is 67.0 Å². The lowest BCUT2D eigenvalue weighted by Crippen LogP contribution is -2.67. The van der Waals surface area contributed by atoms with Crippen molar-refractivity contribution in [1.29, 1.82) is 0 Å². The van der Waals surface area contributed by atoms with Crippen LogP contribution in [-0.2, 0) is 23.9 Å². The van der Waals surface area contributed by atoms with Crippen LogP contribution < -0.4 is 0 Å². The van der Waals surface area contributed by atoms with Gasteiger partial charge in [0, 0.05) is 5.56 Å². The molecule has 2 aliphatic carbocycles. The fourth-order valence-corrected chi connectivity index (χ4v) is 6.14. The molecule has 6 nitrogen and oxygen atoms in total. The summed E-state index contributed by atoms with van der Waals surface area (Å²) < 4.78 is 49.7. The van der Waals surface area contributed by atoms with E-state index in [0.29, 0.717) is 0 Å². The number of halogens is 3. The van der Waals surface area contributed by atoms with Gasteiger partial charge >= 0.3 is 12.1 Å². The molecule has 0 aromatic heterocycles. The molecule has 3 rings (SSSR count). The van der Waals surface area contributed by atoms with Crippen LogP contribution >= 0.6 is 0 Å². The predicted molar refractivity (Wildman–Crippen MR) is 147 cm³/mol. The molecule has 0 radical (unpaired) electrons. The van der Waals surface area contributed by atoms with Crippen LogP contribution in [-0.4, -0.2) is 43.2 Å². The molecule has 1 fully saturated rings. The van der Waals surface area contributed by atoms with Crippen molar-refractivity contribution in [2.75, 3.05) is 13.7 Å². The average Bonchev–Trinajstić information content (AvgIpc) is 2.89. The van der Waals surface area contributed by atoms with Gasteiger partial charge in [0.25, 0.3) is 0 Å². The number of carbonyl (C=O) groups is 4. The number of carbonyl (C=O) groups excluding carboxylic acids is 4. The summed E-state index contributed by atoms with van der Waals surface area (Å²) in [5.74, 6) is -4.58. The number of rotatable bonds is 9. The SMILES string of the molecule is COC1=C(C(=O)c2ccccc2)C(=O)[C@@]2(CC=C(C)C)C[C@@H](C(=O)OCC(F)(F)F)C(C)(C)[C@]1(CC=C(C)C)C2=O. The van der Waals surface area contributed by atoms with E-state index >= 15 is 0 Å². The van der Waals surface area contributed by atoms with Crippen molar-refractivity contribution in [3.63, 3.8) is 0 Å². The summed E-state index contributed by atoms with van der Waals surface area (Å²) in [7, 11) is 1.25. The first-order valence-corrected chi connectivity index (χ1v) is 13.4. The second-order valence-electron chi connectivity index (χ2n) is 11.9. The summed E-state index contributed by atoms with van der Waals surface area (Å²) in [6, 6.07) is 8.12. The van der Waals surface area contributed by atoms with Crippen LogP contribution in [0.5, 0.6) is 0 Å². The van der Waals surface area contributed by atoms with Crippen LogP contribution in [0, 0.1) is 22.2 Å². The van der Waals surface area contributed by atoms with Crippen LogP contribution in [0.4, 0.5) is 13.2 Å². The fourth-order valence-electron chi connectivity index (χ4n) is 6.14. The van der Waals surface area contributed by atoms with Crippen LogP contribution in [0.15, 0.2) is 65.0 Å². The minimum atomic E-state index is -4.76. The Morgan fingerprint density at radius 1 is 0.976 bits per heavy atom. The van der Waals surface area contributed by atoms with Crippen molar-refractivity contribution >= 4 is 23.3 Å². The van der Waals surface area contributed by atoms with Crippen LogP contribution in [0.25, 0.3) is 0 Å². The fraction of sp³-hybridized carbons (Fsp3) is 0.500. The minimum Gasteiger partial charge on any atom is -0.499 e. The van der Waals surface area contributed by atoms with Gasteiger partial charge in [0.2, 0.25) is 0 Å². The van der Waals surface area contributed by atoms with E-state index < -0.39 is 64.7 Å². The van der Waals surface area contributed by atoms with Gasteiger partial charge in [-0.2, -0.15) is 13.2 Å². The lowest BCUT2D eigenvalue weighted by atomic mass is 9.40. The molecule has 0 heterocycles. The van der Waals surface area contributed by atoms with Gasteiger partial charge in [-0.15, -0.1) is 0 Å². The summed E-state index contributed by atoms with van der Waals surface area (Å²) in [5, 5.41) is 0. The third kappa shape index (κ3) is 5.55. The van der Waals surface area contributed by atoms with Gasteiger partial charge in [-0.25, -0.2) is 0 Å². The smallest absolute Gasteiger partial charge is 0.422 e. The number of hydrogen-bond donors (Lipinski definition) is 0. The van der Waals surface area contributed by atoms with Crippen molar-refractivity contribution in [3.8, 4) is 0 Å². The van der Waals surface area contributed by atoms with Crippen molar-refractivity contribution < 1.29 is 41.8 Å². The first-order valence-electron chi connectivity index (χ1n) is 13.4. The maximum Gasteiger partial charge on any atom is 0.422 e. The zero-order valence-electron chi connectivity index (χ0n) is 24.5. The second-order valence-corrected chi connectivity index (χ2v) is 11.9. The number of hydrogen-bond acceptors (Lipinski definition) is 6. The molecule has 222 valence electrons. The normalized spacial score (nSPS) is 25.4. The molecule has 41 heavy (non-hydrogen) atoms. The molecule has 9 heteroatoms. The van der Waals surface area contributed by atoms with Gasteiger partial charge in [0.1, 0.15) is 11.3 Å². The molecule has 0 unspecified atom stereocenters. The van der Waals surface area contributed by atoms with Gasteiger partial charge in [0.15, 0.2) is 24.0 Å². The van der Waals surface area contributed by atoms with Gasteiger partial charge in [-0.3, -0.25) is 19.2 Å². The molecule has 0 amide bonds. The van der Waals surface area contributed by atoms with E-state index in [9.17, 15) is 32.3 Å². The molecule has 0 aliphatic heterocycles. The molecule has 0 spiro atoms. The van der Waals surface area contributed by atoms with E-state index in [4.69, 9.17) is 9.47 Å². The first-order chi connectivity index (χ1) is 19.0. The van der Waals surface area contributed by atoms with Crippen molar-refractivity contribution in [3.05, 3.63) is 70.5 Å². The van der Waals surface area contributed by atoms with E-state index in [1.54, 1.807) is 70.2 Å². The molecule has 2 bridgehead atoms. The molecule has 2 aliphatic rings. The van der Waals surface area contributed by atoms with Crippen LogP contribution in [0.1, 0.15) is 71.2 Å². The first kappa shape index (κ1) is 32.0. The Morgan fingerprint density at radius 2 is 1.54 bits per heavy atom. The number of esters is 1. The molecule has 3 atom stereocenters. The maximum absolute atomic E-state index is 14.8. The maximum atomic E-state index is 14.8. The zero-order chi connectivity index (χ0) is 31.0. The monoisotopic (exact) mass is 574 g/mol. The van der Waals surface area contributed by atoms with Crippen molar-refractivity contribution in [1.82, 2.24) is 0 Å². The quantitative estimate of drug-likeness (QED) is 0.107. The number of fused-ring (bicyclic) bond motifs is 2. The summed E-state index contributed by atoms with van der Waals surface area (Å²) in [6.07, 6.45) is -1.90. The standard InChI is InChI=1S/C32H37F3O6/c1-19(2)13-15-30-17-22(27(38)41-18-32(33,34)35)29(5,6)31(28(30)39,16-14-20(3)4)26(40-7)23(25(30)37)24(36)21-11-9-8-10-12-21/h8-14,22H,15-18H2,1-7H3/t22-,30+,31-/m0/s1. The lowest BCUT2D eigenvalue weighted by molar-refractivity contribution is -0.200. The van der Waals surface area contributed by atoms with E-state index in [1.807, 2.05) is 13.8 Å². The highest BCUT2D eigenvalue weighted by atomic mass is 19.4. The van der Waals surface area contributed by atoms with E-state index in [1.165, 1.54) is 7.11 Å². The van der Waals surface area contributed by atoms with Gasteiger partial charge in [-0.05, 0) is 52.4 Å². The number of methoxy groups -OCH3 is 1. The Bertz CT molecular complexity index is 1330. The molecule has 1 aromatic rings. The summed E-state index contributed by atoms with van der Waals surface area (Å²) in [5.41, 5.74) is -3.50. The van der Waals surface area contributed by atoms with Gasteiger partial charge < -0.3 is 9.47 Å². The summed E-state index contributed by atoms with van der Waals surface area (Å²) in [6.45, 7) is 8.55. The number of ketones is 3. The van der Waals surface area contributed by atoms with Gasteiger partial charge in [-0.1, -0.05) is 67.5 Å². The Hall–Kier alpha value is -3.49. The van der Waals surface area contributed by atoms with E-state index in [2.05, 4.69) is 0 Å². The lowest BCUT2D eigenvalue weighted by Gasteiger charge is -2.60. The minimum absolute atomic E-state index is 0.0389. The highest BCUT2D eigenvalue weighted by molar-refractivity contribution is 6.35. The Morgan fingerprint density at radius 3 is 2.05 bits per heavy atom. The topological polar surface area (TPSA) is 86.7 Å². The van der Waals surface area contributed by atoms with Gasteiger partial charge in [0.05, 0.1) is 23.9 Å². The third-order valence-electron chi connectivity index (χ3n) is 8.43. The molecular weight excluding hydrogens is 537 g/mol. The highest BCUT2D eigenvalue weighted by Crippen LogP contribution is 2.67. The summed E-state index contributed by atoms with van der Waals surface area (Å²) in [4.78, 5) is 56.7. The Balaban J connectivity index is 2.44. The number of ether oxygens (including phenoxy) is 2. The predicted octanol–water partition coefficient (Wildman–Crippen LogP) is 6.76. The Kier molecular flexibility index (Phi) is 8.92. The number of Topliss-reactive ketones (excluding diaryl/α,β-unsaturated/α-hetero) is 3. The molecule has 1 saturated carbocycles. The molecule has 0 N–H and O–H groups in total. The molecule has 0 saturated heterocycles. The van der Waals surface area contributed by atoms with E-state index in [-0.39, 0.29) is 29.7 Å². The van der Waals surface area contributed by atoms with Crippen LogP contribution in [0.3, 0.4) is 0 Å². The molecule has 1 aromatic carbocycles. The van der Waals surface area contributed by atoms with E-state index in [0.717, 1.165) is 11.1 Å².